The smallest absolute Gasteiger partial charge is 0.319 e. The Kier molecular flexibility index (Phi) is 6.05. The number of hydrogen-bond acceptors (Lipinski definition) is 4. The predicted octanol–water partition coefficient (Wildman–Crippen LogP) is 1.09. The molecule has 0 unspecified atom stereocenters. The van der Waals surface area contributed by atoms with Gasteiger partial charge in [-0.25, -0.2) is 0 Å². The summed E-state index contributed by atoms with van der Waals surface area (Å²) in [7, 11) is 0. The van der Waals surface area contributed by atoms with E-state index in [9.17, 15) is 9.59 Å². The maximum absolute atomic E-state index is 11.7. The molecule has 0 aromatic rings. The van der Waals surface area contributed by atoms with Gasteiger partial charge in [0.1, 0.15) is 11.2 Å². The first kappa shape index (κ1) is 14.6. The fraction of sp³-hybridized carbons (Fsp3) is 0.800. The lowest BCUT2D eigenvalue weighted by atomic mass is 9.76. The minimum atomic E-state index is -0.874. The first-order valence-electron chi connectivity index (χ1n) is 5.02. The minimum absolute atomic E-state index is 0. The van der Waals surface area contributed by atoms with E-state index >= 15 is 0 Å². The number of rotatable bonds is 3. The number of carbonyl (C=O) groups excluding carboxylic acids is 2. The fourth-order valence-corrected chi connectivity index (χ4v) is 1.82. The first-order valence-corrected chi connectivity index (χ1v) is 5.02. The maximum atomic E-state index is 11.7. The van der Waals surface area contributed by atoms with Gasteiger partial charge in [0.05, 0.1) is 6.61 Å². The zero-order chi connectivity index (χ0) is 10.6. The zero-order valence-electron chi connectivity index (χ0n) is 9.17. The van der Waals surface area contributed by atoms with E-state index in [4.69, 9.17) is 4.74 Å². The van der Waals surface area contributed by atoms with Crippen molar-refractivity contribution in [3.8, 4) is 0 Å². The molecule has 0 aromatic heterocycles. The van der Waals surface area contributed by atoms with Crippen LogP contribution < -0.4 is 5.32 Å². The number of carbonyl (C=O) groups is 2. The van der Waals surface area contributed by atoms with Crippen molar-refractivity contribution in [2.45, 2.75) is 26.7 Å². The van der Waals surface area contributed by atoms with Crippen molar-refractivity contribution < 1.29 is 14.3 Å². The van der Waals surface area contributed by atoms with Crippen LogP contribution in [0.4, 0.5) is 0 Å². The average molecular weight is 280 g/mol. The van der Waals surface area contributed by atoms with Gasteiger partial charge in [0.15, 0.2) is 0 Å². The van der Waals surface area contributed by atoms with Crippen molar-refractivity contribution >= 4 is 28.7 Å². The molecular formula is C10H18BrNO3. The molecule has 0 amide bonds. The van der Waals surface area contributed by atoms with Gasteiger partial charge in [0.25, 0.3) is 0 Å². The Morgan fingerprint density at radius 3 is 2.27 bits per heavy atom. The van der Waals surface area contributed by atoms with E-state index in [2.05, 4.69) is 5.32 Å². The second-order valence-corrected chi connectivity index (χ2v) is 3.61. The summed E-state index contributed by atoms with van der Waals surface area (Å²) in [6, 6.07) is 0. The van der Waals surface area contributed by atoms with Gasteiger partial charge in [-0.15, -0.1) is 17.0 Å². The molecule has 1 aliphatic heterocycles. The molecule has 0 bridgehead atoms. The van der Waals surface area contributed by atoms with Crippen molar-refractivity contribution in [3.63, 3.8) is 0 Å². The number of Topliss-reactive ketones (excluding diaryl/α,β-unsaturated/α-hetero) is 1. The molecule has 0 aromatic carbocycles. The maximum Gasteiger partial charge on any atom is 0.319 e. The Balaban J connectivity index is 0.00000196. The van der Waals surface area contributed by atoms with Gasteiger partial charge in [-0.05, 0) is 39.8 Å². The van der Waals surface area contributed by atoms with Crippen LogP contribution in [0.2, 0.25) is 0 Å². The molecule has 1 rings (SSSR count). The Bertz CT molecular complexity index is 237. The molecule has 0 atom stereocenters. The first-order chi connectivity index (χ1) is 6.63. The summed E-state index contributed by atoms with van der Waals surface area (Å²) in [4.78, 5) is 23.2. The summed E-state index contributed by atoms with van der Waals surface area (Å²) in [5, 5.41) is 3.13. The highest BCUT2D eigenvalue weighted by Crippen LogP contribution is 2.31. The van der Waals surface area contributed by atoms with E-state index in [1.165, 1.54) is 6.92 Å². The fourth-order valence-electron chi connectivity index (χ4n) is 1.82. The van der Waals surface area contributed by atoms with E-state index in [0.29, 0.717) is 32.5 Å². The predicted molar refractivity (Wildman–Crippen MR) is 62.2 cm³/mol. The summed E-state index contributed by atoms with van der Waals surface area (Å²) >= 11 is 0. The number of esters is 1. The van der Waals surface area contributed by atoms with Crippen LogP contribution in [0.1, 0.15) is 26.7 Å². The van der Waals surface area contributed by atoms with E-state index in [0.717, 1.165) is 0 Å². The number of nitrogens with one attached hydrogen (secondary N) is 1. The Hall–Kier alpha value is -0.420. The monoisotopic (exact) mass is 279 g/mol. The highest BCUT2D eigenvalue weighted by molar-refractivity contribution is 8.93. The zero-order valence-corrected chi connectivity index (χ0v) is 10.9. The SMILES string of the molecule is Br.CCOC(=O)C1(C(C)=O)CCNCC1. The largest absolute Gasteiger partial charge is 0.465 e. The minimum Gasteiger partial charge on any atom is -0.465 e. The van der Waals surface area contributed by atoms with Crippen molar-refractivity contribution in [3.05, 3.63) is 0 Å². The summed E-state index contributed by atoms with van der Waals surface area (Å²) in [6.07, 6.45) is 1.11. The molecular weight excluding hydrogens is 262 g/mol. The number of piperidine rings is 1. The Morgan fingerprint density at radius 2 is 1.87 bits per heavy atom. The molecule has 0 radical (unpaired) electrons. The molecule has 1 aliphatic rings. The highest BCUT2D eigenvalue weighted by Gasteiger charge is 2.45. The quantitative estimate of drug-likeness (QED) is 0.621. The lowest BCUT2D eigenvalue weighted by Gasteiger charge is -2.32. The standard InChI is InChI=1S/C10H17NO3.BrH/c1-3-14-9(13)10(8(2)12)4-6-11-7-5-10;/h11H,3-7H2,1-2H3;1H. The molecule has 0 spiro atoms. The summed E-state index contributed by atoms with van der Waals surface area (Å²) < 4.78 is 4.96. The van der Waals surface area contributed by atoms with Crippen molar-refractivity contribution in [2.75, 3.05) is 19.7 Å². The van der Waals surface area contributed by atoms with Gasteiger partial charge in [-0.1, -0.05) is 0 Å². The van der Waals surface area contributed by atoms with Crippen LogP contribution in [0.25, 0.3) is 0 Å². The molecule has 4 nitrogen and oxygen atoms in total. The van der Waals surface area contributed by atoms with Crippen molar-refractivity contribution in [2.24, 2.45) is 5.41 Å². The molecule has 1 saturated heterocycles. The van der Waals surface area contributed by atoms with Gasteiger partial charge in [0.2, 0.25) is 0 Å². The topological polar surface area (TPSA) is 55.4 Å². The summed E-state index contributed by atoms with van der Waals surface area (Å²) in [6.45, 7) is 4.98. The second-order valence-electron chi connectivity index (χ2n) is 3.61. The third-order valence-corrected chi connectivity index (χ3v) is 2.80. The molecule has 5 heteroatoms. The van der Waals surface area contributed by atoms with Gasteiger partial charge < -0.3 is 10.1 Å². The van der Waals surface area contributed by atoms with Gasteiger partial charge in [0, 0.05) is 0 Å². The van der Waals surface area contributed by atoms with E-state index in [1.54, 1.807) is 6.92 Å². The van der Waals surface area contributed by atoms with E-state index in [1.807, 2.05) is 0 Å². The van der Waals surface area contributed by atoms with E-state index in [-0.39, 0.29) is 28.7 Å². The van der Waals surface area contributed by atoms with Crippen molar-refractivity contribution in [1.29, 1.82) is 0 Å². The number of halogens is 1. The van der Waals surface area contributed by atoms with Crippen LogP contribution >= 0.6 is 17.0 Å². The third kappa shape index (κ3) is 3.01. The normalized spacial score (nSPS) is 18.8. The van der Waals surface area contributed by atoms with E-state index < -0.39 is 5.41 Å². The van der Waals surface area contributed by atoms with Gasteiger partial charge in [-0.2, -0.15) is 0 Å². The lowest BCUT2D eigenvalue weighted by molar-refractivity contribution is -0.161. The second kappa shape index (κ2) is 6.23. The van der Waals surface area contributed by atoms with Crippen LogP contribution in [0.5, 0.6) is 0 Å². The lowest BCUT2D eigenvalue weighted by Crippen LogP contribution is -2.47. The average Bonchev–Trinajstić information content (AvgIpc) is 2.19. The molecule has 15 heavy (non-hydrogen) atoms. The number of hydrogen-bond donors (Lipinski definition) is 1. The van der Waals surface area contributed by atoms with Crippen LogP contribution in [-0.2, 0) is 14.3 Å². The van der Waals surface area contributed by atoms with Gasteiger partial charge >= 0.3 is 5.97 Å². The van der Waals surface area contributed by atoms with Crippen LogP contribution in [0, 0.1) is 5.41 Å². The number of ether oxygens (including phenoxy) is 1. The van der Waals surface area contributed by atoms with Crippen LogP contribution in [0.15, 0.2) is 0 Å². The molecule has 1 fully saturated rings. The molecule has 1 heterocycles. The summed E-state index contributed by atoms with van der Waals surface area (Å²) in [5.74, 6) is -0.425. The van der Waals surface area contributed by atoms with Crippen LogP contribution in [-0.4, -0.2) is 31.4 Å². The molecule has 0 aliphatic carbocycles. The van der Waals surface area contributed by atoms with Gasteiger partial charge in [-0.3, -0.25) is 9.59 Å². The molecule has 0 saturated carbocycles. The molecule has 88 valence electrons. The summed E-state index contributed by atoms with van der Waals surface area (Å²) in [5.41, 5.74) is -0.874. The Morgan fingerprint density at radius 1 is 1.33 bits per heavy atom. The third-order valence-electron chi connectivity index (χ3n) is 2.80. The van der Waals surface area contributed by atoms with Crippen molar-refractivity contribution in [1.82, 2.24) is 5.32 Å². The number of ketones is 1. The van der Waals surface area contributed by atoms with Crippen LogP contribution in [0.3, 0.4) is 0 Å². The highest BCUT2D eigenvalue weighted by atomic mass is 79.9. The Labute approximate surface area is 101 Å². The molecule has 1 N–H and O–H groups in total.